The molecule has 10 nitrogen and oxygen atoms in total. The van der Waals surface area contributed by atoms with Crippen molar-refractivity contribution in [1.29, 1.82) is 0 Å². The van der Waals surface area contributed by atoms with Crippen molar-refractivity contribution in [2.24, 2.45) is 0 Å². The molecule has 110 heavy (non-hydrogen) atoms. The minimum Gasteiger partial charge on any atom is -0.494 e. The van der Waals surface area contributed by atoms with Crippen LogP contribution in [-0.4, -0.2) is 76.3 Å². The Morgan fingerprint density at radius 3 is 0.536 bits per heavy atom. The van der Waals surface area contributed by atoms with Gasteiger partial charge in [-0.1, -0.05) is 330 Å². The Hall–Kier alpha value is -7.40. The molecule has 10 heteroatoms. The number of aliphatic hydroxyl groups is 2. The number of hydrogen-bond acceptors (Lipinski definition) is 10. The van der Waals surface area contributed by atoms with Crippen molar-refractivity contribution in [1.82, 2.24) is 0 Å². The lowest BCUT2D eigenvalue weighted by atomic mass is 10.0. The largest absolute Gasteiger partial charge is 0.494 e. The quantitative estimate of drug-likeness (QED) is 0.0283. The van der Waals surface area contributed by atoms with E-state index in [2.05, 4.69) is 198 Å². The minimum atomic E-state index is 0.289. The topological polar surface area (TPSA) is 114 Å². The van der Waals surface area contributed by atoms with Crippen molar-refractivity contribution >= 4 is 48.6 Å². The van der Waals surface area contributed by atoms with E-state index in [9.17, 15) is 0 Å². The maximum Gasteiger partial charge on any atom is 0.127 e. The molecule has 2 N–H and O–H groups in total. The molecule has 0 saturated heterocycles. The maximum atomic E-state index is 9.05. The highest BCUT2D eigenvalue weighted by atomic mass is 16.5. The van der Waals surface area contributed by atoms with Gasteiger partial charge in [0.2, 0.25) is 0 Å². The van der Waals surface area contributed by atoms with Crippen molar-refractivity contribution in [2.75, 3.05) is 66.1 Å². The fourth-order valence-electron chi connectivity index (χ4n) is 13.4. The lowest BCUT2D eigenvalue weighted by Gasteiger charge is -2.16. The molecule has 0 saturated carbocycles. The molecule has 0 atom stereocenters. The first-order valence-electron chi connectivity index (χ1n) is 44.1. The third-order valence-electron chi connectivity index (χ3n) is 20.4. The van der Waals surface area contributed by atoms with Gasteiger partial charge in [-0.05, 0) is 159 Å². The van der Waals surface area contributed by atoms with E-state index in [1.807, 2.05) is 0 Å². The smallest absolute Gasteiger partial charge is 0.127 e. The Balaban J connectivity index is 0.982. The molecule has 0 fully saturated rings. The van der Waals surface area contributed by atoms with Crippen LogP contribution in [0, 0.1) is 0 Å². The Morgan fingerprint density at radius 2 is 0.355 bits per heavy atom. The van der Waals surface area contributed by atoms with Gasteiger partial charge in [0.15, 0.2) is 0 Å². The molecule has 0 aliphatic rings. The first-order valence-corrected chi connectivity index (χ1v) is 44.1. The van der Waals surface area contributed by atoms with Crippen LogP contribution < -0.4 is 37.9 Å². The van der Waals surface area contributed by atoms with Crippen LogP contribution in [0.15, 0.2) is 121 Å². The van der Waals surface area contributed by atoms with E-state index >= 15 is 0 Å². The first kappa shape index (κ1) is 91.5. The number of ether oxygens (including phenoxy) is 8. The van der Waals surface area contributed by atoms with E-state index in [-0.39, 0.29) is 13.2 Å². The van der Waals surface area contributed by atoms with Crippen LogP contribution in [0.25, 0.3) is 48.6 Å². The van der Waals surface area contributed by atoms with Gasteiger partial charge in [-0.3, -0.25) is 0 Å². The highest BCUT2D eigenvalue weighted by Gasteiger charge is 2.14. The molecule has 0 aromatic heterocycles. The molecule has 606 valence electrons. The van der Waals surface area contributed by atoms with Gasteiger partial charge in [0.1, 0.15) is 46.0 Å². The summed E-state index contributed by atoms with van der Waals surface area (Å²) in [5.41, 5.74) is 8.44. The maximum absolute atomic E-state index is 9.05. The molecular weight excluding hydrogens is 1360 g/mol. The summed E-state index contributed by atoms with van der Waals surface area (Å²) in [7, 11) is 0. The van der Waals surface area contributed by atoms with Crippen LogP contribution in [0.1, 0.15) is 342 Å². The highest BCUT2D eigenvalue weighted by Crippen LogP contribution is 2.36. The van der Waals surface area contributed by atoms with Gasteiger partial charge >= 0.3 is 0 Å². The Morgan fingerprint density at radius 1 is 0.191 bits per heavy atom. The SMILES string of the molecule is CCCCCCCCOc1cc(/C=C/c2ccc(OCCCCCCCCOc3ccc(/C=C/c4cc(OCCCCCCCC)c(/C=C/c5ccc(OCCCCCCCCO)cc5)cc4OCCCCCCCC)cc3)cc2)c(OCCCCCCCC)cc1/C=C/c1ccc(OCCCCCCCCO)cc1. The summed E-state index contributed by atoms with van der Waals surface area (Å²) in [5.74, 6) is 7.06. The van der Waals surface area contributed by atoms with E-state index in [1.165, 1.54) is 167 Å². The minimum absolute atomic E-state index is 0.289. The Labute approximate surface area is 668 Å². The third-order valence-corrected chi connectivity index (χ3v) is 20.4. The predicted molar refractivity (Wildman–Crippen MR) is 469 cm³/mol. The molecule has 6 aromatic rings. The zero-order chi connectivity index (χ0) is 77.5. The van der Waals surface area contributed by atoms with Gasteiger partial charge in [0.25, 0.3) is 0 Å². The van der Waals surface area contributed by atoms with Crippen LogP contribution in [0.2, 0.25) is 0 Å². The molecule has 0 radical (unpaired) electrons. The van der Waals surface area contributed by atoms with Crippen LogP contribution in [0.4, 0.5) is 0 Å². The number of benzene rings is 6. The fourth-order valence-corrected chi connectivity index (χ4v) is 13.4. The van der Waals surface area contributed by atoms with Crippen LogP contribution in [0.5, 0.6) is 46.0 Å². The van der Waals surface area contributed by atoms with Crippen molar-refractivity contribution in [3.63, 3.8) is 0 Å². The second-order valence-corrected chi connectivity index (χ2v) is 30.1. The van der Waals surface area contributed by atoms with Gasteiger partial charge < -0.3 is 48.1 Å². The lowest BCUT2D eigenvalue weighted by Crippen LogP contribution is -2.03. The van der Waals surface area contributed by atoms with Crippen LogP contribution in [-0.2, 0) is 0 Å². The van der Waals surface area contributed by atoms with Gasteiger partial charge in [-0.15, -0.1) is 0 Å². The average Bonchev–Trinajstić information content (AvgIpc) is 0.826. The van der Waals surface area contributed by atoms with Crippen molar-refractivity contribution < 1.29 is 48.1 Å². The molecule has 0 bridgehead atoms. The standard InChI is InChI=1S/C100H146O10/c1-5-9-13-17-29-43-77-107-97-83-91(99(109-79-45-31-19-15-11-7-3)81-89(97)59-47-85-51-63-93(64-52-85)103-73-39-33-23-21-27-37-71-101)61-49-87-55-67-95(68-56-87)105-75-41-35-25-26-36-42-76-106-96-69-57-88(58-70-96)50-62-92-84-98(108-78-44-30-18-14-10-6-2)90(82-100(92)110-80-46-32-20-16-12-8-4)60-48-86-53-65-94(66-54-86)104-74-40-34-24-22-28-38-72-102/h47-70,81-84,101-102H,5-46,71-80H2,1-4H3/b59-47+,60-48+,61-49+,62-50+. The van der Waals surface area contributed by atoms with Crippen molar-refractivity contribution in [3.8, 4) is 46.0 Å². The third kappa shape index (κ3) is 42.3. The van der Waals surface area contributed by atoms with E-state index in [0.29, 0.717) is 39.6 Å². The normalized spacial score (nSPS) is 11.7. The van der Waals surface area contributed by atoms with Gasteiger partial charge in [0, 0.05) is 35.5 Å². The lowest BCUT2D eigenvalue weighted by molar-refractivity contribution is 0.280. The van der Waals surface area contributed by atoms with Crippen molar-refractivity contribution in [2.45, 2.75) is 297 Å². The number of rotatable bonds is 69. The zero-order valence-corrected chi connectivity index (χ0v) is 69.1. The zero-order valence-electron chi connectivity index (χ0n) is 69.1. The fraction of sp³-hybridized carbons (Fsp3) is 0.560. The number of aliphatic hydroxyl groups excluding tert-OH is 2. The first-order chi connectivity index (χ1) is 54.4. The summed E-state index contributed by atoms with van der Waals surface area (Å²) in [6.07, 6.45) is 66.2. The summed E-state index contributed by atoms with van der Waals surface area (Å²) in [4.78, 5) is 0. The van der Waals surface area contributed by atoms with Crippen LogP contribution >= 0.6 is 0 Å². The summed E-state index contributed by atoms with van der Waals surface area (Å²) < 4.78 is 51.4. The second kappa shape index (κ2) is 62.2. The van der Waals surface area contributed by atoms with Gasteiger partial charge in [-0.2, -0.15) is 0 Å². The summed E-state index contributed by atoms with van der Waals surface area (Å²) >= 11 is 0. The molecular formula is C100H146O10. The average molecular weight is 1510 g/mol. The van der Waals surface area contributed by atoms with Gasteiger partial charge in [-0.25, -0.2) is 0 Å². The summed E-state index contributed by atoms with van der Waals surface area (Å²) in [6, 6.07) is 42.4. The van der Waals surface area contributed by atoms with E-state index in [0.717, 1.165) is 206 Å². The molecule has 0 aliphatic heterocycles. The second-order valence-electron chi connectivity index (χ2n) is 30.1. The molecule has 6 rings (SSSR count). The summed E-state index contributed by atoms with van der Waals surface area (Å²) in [6.45, 7) is 15.2. The van der Waals surface area contributed by atoms with E-state index in [1.54, 1.807) is 0 Å². The van der Waals surface area contributed by atoms with E-state index in [4.69, 9.17) is 48.1 Å². The Bertz CT molecular complexity index is 3110. The molecule has 0 aliphatic carbocycles. The molecule has 0 unspecified atom stereocenters. The number of unbranched alkanes of at least 4 members (excludes halogenated alkanes) is 35. The molecule has 6 aromatic carbocycles. The number of hydrogen-bond donors (Lipinski definition) is 2. The van der Waals surface area contributed by atoms with Crippen LogP contribution in [0.3, 0.4) is 0 Å². The van der Waals surface area contributed by atoms with E-state index < -0.39 is 0 Å². The molecule has 0 amide bonds. The molecule has 0 heterocycles. The highest BCUT2D eigenvalue weighted by molar-refractivity contribution is 5.81. The monoisotopic (exact) mass is 1510 g/mol. The molecule has 0 spiro atoms. The Kier molecular flexibility index (Phi) is 51.7. The van der Waals surface area contributed by atoms with Crippen molar-refractivity contribution in [3.05, 3.63) is 166 Å². The van der Waals surface area contributed by atoms with Gasteiger partial charge in [0.05, 0.1) is 52.9 Å². The summed E-state index contributed by atoms with van der Waals surface area (Å²) in [5, 5.41) is 18.1. The predicted octanol–water partition coefficient (Wildman–Crippen LogP) is 28.5.